The van der Waals surface area contributed by atoms with Crippen LogP contribution in [-0.2, 0) is 9.59 Å². The van der Waals surface area contributed by atoms with Crippen LogP contribution in [0.25, 0.3) is 0 Å². The van der Waals surface area contributed by atoms with Gasteiger partial charge in [-0.15, -0.1) is 0 Å². The van der Waals surface area contributed by atoms with Gasteiger partial charge in [0.2, 0.25) is 5.91 Å². The molecule has 0 bridgehead atoms. The van der Waals surface area contributed by atoms with Crippen molar-refractivity contribution in [2.24, 2.45) is 16.7 Å². The van der Waals surface area contributed by atoms with Crippen molar-refractivity contribution in [3.05, 3.63) is 0 Å². The minimum atomic E-state index is -0.456. The van der Waals surface area contributed by atoms with Crippen molar-refractivity contribution in [3.8, 4) is 0 Å². The van der Waals surface area contributed by atoms with E-state index in [1.165, 1.54) is 0 Å². The molecule has 0 radical (unpaired) electrons. The van der Waals surface area contributed by atoms with Crippen LogP contribution < -0.4 is 10.9 Å². The molecular weight excluding hydrogens is 254 g/mol. The Labute approximate surface area is 121 Å². The molecule has 2 rings (SSSR count). The van der Waals surface area contributed by atoms with Gasteiger partial charge >= 0.3 is 0 Å². The number of carbonyl (C=O) groups excluding carboxylic acids is 2. The lowest BCUT2D eigenvalue weighted by molar-refractivity contribution is -0.146. The first-order chi connectivity index (χ1) is 9.03. The fourth-order valence-corrected chi connectivity index (χ4v) is 3.02. The number of carbonyl (C=O) groups is 2. The second-order valence-electron chi connectivity index (χ2n) is 8.08. The Morgan fingerprint density at radius 2 is 1.65 bits per heavy atom. The van der Waals surface area contributed by atoms with Crippen molar-refractivity contribution in [2.45, 2.75) is 53.6 Å². The van der Waals surface area contributed by atoms with Crippen LogP contribution in [0.2, 0.25) is 0 Å². The maximum Gasteiger partial charge on any atom is 0.228 e. The van der Waals surface area contributed by atoms with Crippen LogP contribution in [0.3, 0.4) is 0 Å². The standard InChI is InChI=1S/C15H27N3O2/c1-14(2,3)12(19)11-10-9(7-16-17-10)8-18(11)13(20)15(4,5)6/h9-11,16-17H,7-8H2,1-6H3. The number of amides is 1. The Morgan fingerprint density at radius 3 is 2.15 bits per heavy atom. The third-order valence-corrected chi connectivity index (χ3v) is 4.16. The molecule has 1 amide bonds. The summed E-state index contributed by atoms with van der Waals surface area (Å²) in [6, 6.07) is -0.324. The minimum absolute atomic E-state index is 0.0352. The predicted molar refractivity (Wildman–Crippen MR) is 77.8 cm³/mol. The molecule has 2 fully saturated rings. The number of hydrogen-bond donors (Lipinski definition) is 2. The first kappa shape index (κ1) is 15.4. The molecule has 2 heterocycles. The van der Waals surface area contributed by atoms with Crippen molar-refractivity contribution in [1.82, 2.24) is 15.8 Å². The number of hydrogen-bond acceptors (Lipinski definition) is 4. The van der Waals surface area contributed by atoms with Crippen LogP contribution in [0.4, 0.5) is 0 Å². The summed E-state index contributed by atoms with van der Waals surface area (Å²) >= 11 is 0. The second-order valence-corrected chi connectivity index (χ2v) is 8.08. The van der Waals surface area contributed by atoms with E-state index in [4.69, 9.17) is 0 Å². The summed E-state index contributed by atoms with van der Waals surface area (Å²) in [5.41, 5.74) is 5.41. The Hall–Kier alpha value is -0.940. The van der Waals surface area contributed by atoms with E-state index in [9.17, 15) is 9.59 Å². The van der Waals surface area contributed by atoms with E-state index in [0.29, 0.717) is 12.5 Å². The SMILES string of the molecule is CC(C)(C)C(=O)C1C2NNCC2CN1C(=O)C(C)(C)C. The van der Waals surface area contributed by atoms with E-state index in [1.54, 1.807) is 4.90 Å². The number of nitrogens with zero attached hydrogens (tertiary/aromatic N) is 1. The molecule has 5 heteroatoms. The molecule has 3 unspecified atom stereocenters. The summed E-state index contributed by atoms with van der Waals surface area (Å²) < 4.78 is 0. The highest BCUT2D eigenvalue weighted by molar-refractivity contribution is 5.95. The number of fused-ring (bicyclic) bond motifs is 1. The highest BCUT2D eigenvalue weighted by Gasteiger charge is 2.52. The lowest BCUT2D eigenvalue weighted by Gasteiger charge is -2.35. The monoisotopic (exact) mass is 281 g/mol. The van der Waals surface area contributed by atoms with Gasteiger partial charge in [-0.1, -0.05) is 41.5 Å². The molecule has 3 atom stereocenters. The summed E-state index contributed by atoms with van der Waals surface area (Å²) in [7, 11) is 0. The summed E-state index contributed by atoms with van der Waals surface area (Å²) in [6.45, 7) is 13.0. The lowest BCUT2D eigenvalue weighted by atomic mass is 9.82. The molecule has 20 heavy (non-hydrogen) atoms. The van der Waals surface area contributed by atoms with Gasteiger partial charge in [0, 0.05) is 29.8 Å². The van der Waals surface area contributed by atoms with Crippen LogP contribution in [0.1, 0.15) is 41.5 Å². The second kappa shape index (κ2) is 4.81. The summed E-state index contributed by atoms with van der Waals surface area (Å²) in [5, 5.41) is 0. The fraction of sp³-hybridized carbons (Fsp3) is 0.867. The summed E-state index contributed by atoms with van der Waals surface area (Å²) in [5.74, 6) is 0.521. The third kappa shape index (κ3) is 2.61. The summed E-state index contributed by atoms with van der Waals surface area (Å²) in [6.07, 6.45) is 0. The van der Waals surface area contributed by atoms with E-state index < -0.39 is 10.8 Å². The maximum atomic E-state index is 12.8. The maximum absolute atomic E-state index is 12.8. The van der Waals surface area contributed by atoms with E-state index in [2.05, 4.69) is 10.9 Å². The van der Waals surface area contributed by atoms with Gasteiger partial charge in [0.1, 0.15) is 6.04 Å². The van der Waals surface area contributed by atoms with Gasteiger partial charge in [0.25, 0.3) is 0 Å². The van der Waals surface area contributed by atoms with Crippen LogP contribution in [0.15, 0.2) is 0 Å². The van der Waals surface area contributed by atoms with Crippen molar-refractivity contribution in [3.63, 3.8) is 0 Å². The fourth-order valence-electron chi connectivity index (χ4n) is 3.02. The van der Waals surface area contributed by atoms with Crippen LogP contribution in [0, 0.1) is 16.7 Å². The normalized spacial score (nSPS) is 30.5. The van der Waals surface area contributed by atoms with Crippen LogP contribution >= 0.6 is 0 Å². The van der Waals surface area contributed by atoms with E-state index in [0.717, 1.165) is 6.54 Å². The number of Topliss-reactive ketones (excluding diaryl/α,β-unsaturated/α-hetero) is 1. The highest BCUT2D eigenvalue weighted by atomic mass is 16.2. The first-order valence-electron chi connectivity index (χ1n) is 7.37. The Balaban J connectivity index is 2.31. The molecule has 0 spiro atoms. The van der Waals surface area contributed by atoms with Gasteiger partial charge in [-0.05, 0) is 0 Å². The smallest absolute Gasteiger partial charge is 0.228 e. The van der Waals surface area contributed by atoms with Crippen molar-refractivity contribution in [2.75, 3.05) is 13.1 Å². The first-order valence-corrected chi connectivity index (χ1v) is 7.37. The number of hydrazine groups is 1. The van der Waals surface area contributed by atoms with Gasteiger partial charge in [-0.25, -0.2) is 0 Å². The van der Waals surface area contributed by atoms with Gasteiger partial charge < -0.3 is 4.90 Å². The number of ketones is 1. The van der Waals surface area contributed by atoms with Crippen LogP contribution in [-0.4, -0.2) is 41.8 Å². The number of nitrogens with one attached hydrogen (secondary N) is 2. The highest BCUT2D eigenvalue weighted by Crippen LogP contribution is 2.34. The van der Waals surface area contributed by atoms with Gasteiger partial charge in [-0.3, -0.25) is 20.4 Å². The molecule has 0 aromatic heterocycles. The number of rotatable bonds is 1. The molecule has 0 aromatic carbocycles. The molecular formula is C15H27N3O2. The molecule has 2 N–H and O–H groups in total. The summed E-state index contributed by atoms with van der Waals surface area (Å²) in [4.78, 5) is 27.3. The van der Waals surface area contributed by atoms with E-state index in [1.807, 2.05) is 41.5 Å². The third-order valence-electron chi connectivity index (χ3n) is 4.16. The lowest BCUT2D eigenvalue weighted by Crippen LogP contribution is -2.55. The van der Waals surface area contributed by atoms with Crippen molar-refractivity contribution < 1.29 is 9.59 Å². The zero-order valence-corrected chi connectivity index (χ0v) is 13.4. The van der Waals surface area contributed by atoms with Gasteiger partial charge in [-0.2, -0.15) is 0 Å². The van der Waals surface area contributed by atoms with E-state index >= 15 is 0 Å². The zero-order valence-electron chi connectivity index (χ0n) is 13.4. The average molecular weight is 281 g/mol. The van der Waals surface area contributed by atoms with E-state index in [-0.39, 0.29) is 23.8 Å². The molecule has 2 saturated heterocycles. The predicted octanol–water partition coefficient (Wildman–Crippen LogP) is 0.951. The Morgan fingerprint density at radius 1 is 1.05 bits per heavy atom. The molecule has 2 aliphatic heterocycles. The number of likely N-dealkylation sites (tertiary alicyclic amines) is 1. The minimum Gasteiger partial charge on any atom is -0.330 e. The van der Waals surface area contributed by atoms with Crippen LogP contribution in [0.5, 0.6) is 0 Å². The quantitative estimate of drug-likeness (QED) is 0.751. The van der Waals surface area contributed by atoms with Gasteiger partial charge in [0.05, 0.1) is 6.04 Å². The molecule has 0 aromatic rings. The van der Waals surface area contributed by atoms with Gasteiger partial charge in [0.15, 0.2) is 5.78 Å². The molecule has 2 aliphatic rings. The average Bonchev–Trinajstić information content (AvgIpc) is 2.83. The Kier molecular flexibility index (Phi) is 3.71. The zero-order chi connectivity index (χ0) is 15.3. The molecule has 5 nitrogen and oxygen atoms in total. The largest absolute Gasteiger partial charge is 0.330 e. The molecule has 114 valence electrons. The van der Waals surface area contributed by atoms with Crippen molar-refractivity contribution >= 4 is 11.7 Å². The molecule has 0 saturated carbocycles. The molecule has 0 aliphatic carbocycles. The Bertz CT molecular complexity index is 420. The van der Waals surface area contributed by atoms with Crippen molar-refractivity contribution in [1.29, 1.82) is 0 Å². The topological polar surface area (TPSA) is 61.4 Å².